The SMILES string of the molecule is C=C(OC(C)=O)c1ccc(Br)cc1. The molecule has 2 nitrogen and oxygen atoms in total. The lowest BCUT2D eigenvalue weighted by Gasteiger charge is -2.04. The molecule has 0 saturated heterocycles. The van der Waals surface area contributed by atoms with Crippen LogP contribution in [0, 0.1) is 0 Å². The number of benzene rings is 1. The van der Waals surface area contributed by atoms with Crippen LogP contribution in [-0.4, -0.2) is 5.97 Å². The summed E-state index contributed by atoms with van der Waals surface area (Å²) in [5, 5.41) is 0. The Balaban J connectivity index is 2.78. The van der Waals surface area contributed by atoms with Gasteiger partial charge in [-0.05, 0) is 12.1 Å². The average Bonchev–Trinajstić information content (AvgIpc) is 2.04. The maximum Gasteiger partial charge on any atom is 0.308 e. The summed E-state index contributed by atoms with van der Waals surface area (Å²) in [5.74, 6) is 0.0212. The number of carbonyl (C=O) groups is 1. The van der Waals surface area contributed by atoms with Crippen molar-refractivity contribution in [1.29, 1.82) is 0 Å². The van der Waals surface area contributed by atoms with Gasteiger partial charge in [-0.15, -0.1) is 0 Å². The fourth-order valence-corrected chi connectivity index (χ4v) is 1.13. The molecular formula is C10H9BrO2. The van der Waals surface area contributed by atoms with Gasteiger partial charge in [-0.3, -0.25) is 4.79 Å². The van der Waals surface area contributed by atoms with Crippen LogP contribution in [0.15, 0.2) is 35.3 Å². The molecule has 0 aliphatic rings. The first-order chi connectivity index (χ1) is 6.09. The van der Waals surface area contributed by atoms with Crippen molar-refractivity contribution in [3.63, 3.8) is 0 Å². The zero-order valence-corrected chi connectivity index (χ0v) is 8.80. The fourth-order valence-electron chi connectivity index (χ4n) is 0.868. The highest BCUT2D eigenvalue weighted by atomic mass is 79.9. The van der Waals surface area contributed by atoms with E-state index in [2.05, 4.69) is 22.5 Å². The van der Waals surface area contributed by atoms with Crippen LogP contribution in [0.2, 0.25) is 0 Å². The lowest BCUT2D eigenvalue weighted by Crippen LogP contribution is -1.96. The van der Waals surface area contributed by atoms with Gasteiger partial charge in [0.15, 0.2) is 0 Å². The van der Waals surface area contributed by atoms with Crippen molar-refractivity contribution in [1.82, 2.24) is 0 Å². The van der Waals surface area contributed by atoms with Crippen LogP contribution in [0.25, 0.3) is 5.76 Å². The van der Waals surface area contributed by atoms with Crippen LogP contribution >= 0.6 is 15.9 Å². The highest BCUT2D eigenvalue weighted by Crippen LogP contribution is 2.17. The van der Waals surface area contributed by atoms with Crippen molar-refractivity contribution < 1.29 is 9.53 Å². The first-order valence-corrected chi connectivity index (χ1v) is 4.52. The molecule has 0 atom stereocenters. The number of carbonyl (C=O) groups excluding carboxylic acids is 1. The number of esters is 1. The number of rotatable bonds is 2. The molecule has 0 aliphatic carbocycles. The van der Waals surface area contributed by atoms with E-state index >= 15 is 0 Å². The van der Waals surface area contributed by atoms with Gasteiger partial charge in [-0.2, -0.15) is 0 Å². The minimum Gasteiger partial charge on any atom is -0.427 e. The van der Waals surface area contributed by atoms with Gasteiger partial charge in [0, 0.05) is 17.0 Å². The molecule has 0 saturated carbocycles. The average molecular weight is 241 g/mol. The Morgan fingerprint density at radius 2 is 1.92 bits per heavy atom. The molecule has 1 aromatic carbocycles. The third-order valence-corrected chi connectivity index (χ3v) is 1.96. The Hall–Kier alpha value is -1.09. The summed E-state index contributed by atoms with van der Waals surface area (Å²) in [4.78, 5) is 10.6. The van der Waals surface area contributed by atoms with E-state index in [1.165, 1.54) is 6.92 Å². The highest BCUT2D eigenvalue weighted by Gasteiger charge is 2.01. The van der Waals surface area contributed by atoms with Crippen molar-refractivity contribution in [2.45, 2.75) is 6.92 Å². The van der Waals surface area contributed by atoms with Crippen LogP contribution in [0.1, 0.15) is 12.5 Å². The van der Waals surface area contributed by atoms with Gasteiger partial charge >= 0.3 is 5.97 Å². The molecule has 0 aliphatic heterocycles. The van der Waals surface area contributed by atoms with Crippen molar-refractivity contribution in [3.05, 3.63) is 40.9 Å². The lowest BCUT2D eigenvalue weighted by atomic mass is 10.2. The third-order valence-electron chi connectivity index (χ3n) is 1.43. The van der Waals surface area contributed by atoms with E-state index in [0.717, 1.165) is 10.0 Å². The van der Waals surface area contributed by atoms with E-state index in [1.54, 1.807) is 0 Å². The monoisotopic (exact) mass is 240 g/mol. The maximum atomic E-state index is 10.6. The zero-order valence-electron chi connectivity index (χ0n) is 7.21. The van der Waals surface area contributed by atoms with Crippen molar-refractivity contribution in [2.75, 3.05) is 0 Å². The fraction of sp³-hybridized carbons (Fsp3) is 0.100. The zero-order chi connectivity index (χ0) is 9.84. The van der Waals surface area contributed by atoms with Crippen molar-refractivity contribution >= 4 is 27.7 Å². The second-order valence-electron chi connectivity index (χ2n) is 2.52. The van der Waals surface area contributed by atoms with Crippen LogP contribution < -0.4 is 0 Å². The highest BCUT2D eigenvalue weighted by molar-refractivity contribution is 9.10. The molecule has 1 rings (SSSR count). The molecule has 0 radical (unpaired) electrons. The maximum absolute atomic E-state index is 10.6. The van der Waals surface area contributed by atoms with Crippen molar-refractivity contribution in [2.24, 2.45) is 0 Å². The minimum atomic E-state index is -0.354. The Morgan fingerprint density at radius 1 is 1.38 bits per heavy atom. The van der Waals surface area contributed by atoms with Gasteiger partial charge in [0.1, 0.15) is 5.76 Å². The second kappa shape index (κ2) is 4.23. The first kappa shape index (κ1) is 9.99. The van der Waals surface area contributed by atoms with Gasteiger partial charge in [0.2, 0.25) is 0 Å². The predicted octanol–water partition coefficient (Wildman–Crippen LogP) is 2.98. The number of hydrogen-bond donors (Lipinski definition) is 0. The van der Waals surface area contributed by atoms with Gasteiger partial charge in [-0.1, -0.05) is 34.6 Å². The van der Waals surface area contributed by atoms with Gasteiger partial charge in [0.25, 0.3) is 0 Å². The first-order valence-electron chi connectivity index (χ1n) is 3.73. The van der Waals surface area contributed by atoms with Gasteiger partial charge < -0.3 is 4.74 Å². The third kappa shape index (κ3) is 3.03. The van der Waals surface area contributed by atoms with E-state index in [-0.39, 0.29) is 5.97 Å². The number of ether oxygens (including phenoxy) is 1. The Kier molecular flexibility index (Phi) is 3.25. The number of halogens is 1. The second-order valence-corrected chi connectivity index (χ2v) is 3.44. The standard InChI is InChI=1S/C10H9BrO2/c1-7(13-8(2)12)9-3-5-10(11)6-4-9/h3-6H,1H2,2H3. The van der Waals surface area contributed by atoms with E-state index in [0.29, 0.717) is 5.76 Å². The molecule has 0 aromatic heterocycles. The summed E-state index contributed by atoms with van der Waals surface area (Å²) in [6.45, 7) is 4.99. The molecule has 0 fully saturated rings. The summed E-state index contributed by atoms with van der Waals surface area (Å²) in [6.07, 6.45) is 0. The van der Waals surface area contributed by atoms with E-state index in [4.69, 9.17) is 4.74 Å². The van der Waals surface area contributed by atoms with E-state index in [9.17, 15) is 4.79 Å². The molecule has 0 spiro atoms. The van der Waals surface area contributed by atoms with Gasteiger partial charge in [-0.25, -0.2) is 0 Å². The molecule has 68 valence electrons. The summed E-state index contributed by atoms with van der Waals surface area (Å²) in [6, 6.07) is 7.39. The van der Waals surface area contributed by atoms with E-state index in [1.807, 2.05) is 24.3 Å². The summed E-state index contributed by atoms with van der Waals surface area (Å²) >= 11 is 3.31. The summed E-state index contributed by atoms with van der Waals surface area (Å²) < 4.78 is 5.81. The summed E-state index contributed by atoms with van der Waals surface area (Å²) in [5.41, 5.74) is 0.804. The van der Waals surface area contributed by atoms with Crippen LogP contribution in [0.3, 0.4) is 0 Å². The topological polar surface area (TPSA) is 26.3 Å². The molecule has 0 unspecified atom stereocenters. The normalized spacial score (nSPS) is 9.38. The quantitative estimate of drug-likeness (QED) is 0.587. The minimum absolute atomic E-state index is 0.354. The molecular weight excluding hydrogens is 232 g/mol. The largest absolute Gasteiger partial charge is 0.427 e. The molecule has 0 N–H and O–H groups in total. The van der Waals surface area contributed by atoms with Crippen LogP contribution in [0.5, 0.6) is 0 Å². The van der Waals surface area contributed by atoms with Gasteiger partial charge in [0.05, 0.1) is 0 Å². The number of hydrogen-bond acceptors (Lipinski definition) is 2. The molecule has 13 heavy (non-hydrogen) atoms. The smallest absolute Gasteiger partial charge is 0.308 e. The molecule has 3 heteroatoms. The molecule has 1 aromatic rings. The Labute approximate surface area is 85.3 Å². The molecule has 0 heterocycles. The lowest BCUT2D eigenvalue weighted by molar-refractivity contribution is -0.134. The van der Waals surface area contributed by atoms with E-state index < -0.39 is 0 Å². The Morgan fingerprint density at radius 3 is 2.38 bits per heavy atom. The molecule has 0 bridgehead atoms. The summed E-state index contributed by atoms with van der Waals surface area (Å²) in [7, 11) is 0. The Bertz CT molecular complexity index is 327. The van der Waals surface area contributed by atoms with Crippen LogP contribution in [-0.2, 0) is 9.53 Å². The van der Waals surface area contributed by atoms with Crippen molar-refractivity contribution in [3.8, 4) is 0 Å². The molecule has 0 amide bonds. The van der Waals surface area contributed by atoms with Crippen LogP contribution in [0.4, 0.5) is 0 Å². The predicted molar refractivity (Wildman–Crippen MR) is 54.9 cm³/mol.